The van der Waals surface area contributed by atoms with Gasteiger partial charge in [0.15, 0.2) is 5.78 Å². The number of dihydropyridines is 1. The molecule has 136 valence electrons. The van der Waals surface area contributed by atoms with Gasteiger partial charge < -0.3 is 10.1 Å². The van der Waals surface area contributed by atoms with Gasteiger partial charge in [0, 0.05) is 32.8 Å². The van der Waals surface area contributed by atoms with E-state index in [1.54, 1.807) is 6.92 Å². The summed E-state index contributed by atoms with van der Waals surface area (Å²) in [6.45, 7) is 3.91. The fourth-order valence-corrected chi connectivity index (χ4v) is 4.34. The van der Waals surface area contributed by atoms with E-state index in [1.165, 1.54) is 0 Å². The lowest BCUT2D eigenvalue weighted by Gasteiger charge is -2.29. The summed E-state index contributed by atoms with van der Waals surface area (Å²) in [5.41, 5.74) is 4.96. The Morgan fingerprint density at radius 2 is 1.78 bits per heavy atom. The fourth-order valence-electron chi connectivity index (χ4n) is 3.83. The lowest BCUT2D eigenvalue weighted by Crippen LogP contribution is -2.29. The molecular formula is C22H18BrNO3. The summed E-state index contributed by atoms with van der Waals surface area (Å²) in [4.78, 5) is 26.1. The number of carbonyl (C=O) groups is 2. The van der Waals surface area contributed by atoms with Crippen LogP contribution in [0.3, 0.4) is 0 Å². The molecule has 1 aliphatic heterocycles. The minimum atomic E-state index is -0.490. The molecule has 4 rings (SSSR count). The number of esters is 1. The number of allylic oxidation sites excluding steroid dienone is 2. The second-order valence-corrected chi connectivity index (χ2v) is 7.36. The Labute approximate surface area is 166 Å². The SMILES string of the molecule is CCOC(=O)C1=C(C)NC2=C(C(=O)c3ccccc32)C1c1ccccc1Br. The Morgan fingerprint density at radius 3 is 2.48 bits per heavy atom. The average molecular weight is 424 g/mol. The summed E-state index contributed by atoms with van der Waals surface area (Å²) in [6, 6.07) is 15.2. The lowest BCUT2D eigenvalue weighted by molar-refractivity contribution is -0.138. The molecule has 0 bridgehead atoms. The second-order valence-electron chi connectivity index (χ2n) is 6.50. The first-order chi connectivity index (χ1) is 13.0. The van der Waals surface area contributed by atoms with Crippen LogP contribution in [-0.4, -0.2) is 18.4 Å². The van der Waals surface area contributed by atoms with Gasteiger partial charge in [-0.2, -0.15) is 0 Å². The van der Waals surface area contributed by atoms with Crippen molar-refractivity contribution >= 4 is 33.4 Å². The number of carbonyl (C=O) groups excluding carboxylic acids is 2. The van der Waals surface area contributed by atoms with Crippen molar-refractivity contribution < 1.29 is 14.3 Å². The van der Waals surface area contributed by atoms with E-state index >= 15 is 0 Å². The number of hydrogen-bond donors (Lipinski definition) is 1. The van der Waals surface area contributed by atoms with Gasteiger partial charge in [0.2, 0.25) is 0 Å². The van der Waals surface area contributed by atoms with Gasteiger partial charge in [-0.05, 0) is 25.5 Å². The topological polar surface area (TPSA) is 55.4 Å². The number of ketones is 1. The van der Waals surface area contributed by atoms with Crippen molar-refractivity contribution in [3.8, 4) is 0 Å². The quantitative estimate of drug-likeness (QED) is 0.733. The highest BCUT2D eigenvalue weighted by Gasteiger charge is 2.43. The number of halogens is 1. The molecular weight excluding hydrogens is 406 g/mol. The van der Waals surface area contributed by atoms with Crippen molar-refractivity contribution in [2.24, 2.45) is 0 Å². The van der Waals surface area contributed by atoms with E-state index in [9.17, 15) is 9.59 Å². The highest BCUT2D eigenvalue weighted by molar-refractivity contribution is 9.10. The van der Waals surface area contributed by atoms with Gasteiger partial charge in [-0.15, -0.1) is 0 Å². The zero-order valence-corrected chi connectivity index (χ0v) is 16.6. The Bertz CT molecular complexity index is 1040. The van der Waals surface area contributed by atoms with Gasteiger partial charge in [0.25, 0.3) is 0 Å². The highest BCUT2D eigenvalue weighted by Crippen LogP contribution is 2.48. The smallest absolute Gasteiger partial charge is 0.336 e. The fraction of sp³-hybridized carbons (Fsp3) is 0.182. The van der Waals surface area contributed by atoms with Gasteiger partial charge in [0.1, 0.15) is 0 Å². The predicted octanol–water partition coefficient (Wildman–Crippen LogP) is 4.58. The van der Waals surface area contributed by atoms with E-state index < -0.39 is 11.9 Å². The predicted molar refractivity (Wildman–Crippen MR) is 107 cm³/mol. The van der Waals surface area contributed by atoms with Crippen LogP contribution in [-0.2, 0) is 9.53 Å². The molecule has 0 radical (unpaired) electrons. The van der Waals surface area contributed by atoms with Crippen LogP contribution in [0.1, 0.15) is 41.3 Å². The maximum absolute atomic E-state index is 13.3. The molecule has 0 amide bonds. The molecule has 0 saturated carbocycles. The van der Waals surface area contributed by atoms with Crippen molar-refractivity contribution in [3.05, 3.63) is 86.5 Å². The van der Waals surface area contributed by atoms with Crippen molar-refractivity contribution in [2.45, 2.75) is 19.8 Å². The number of hydrogen-bond acceptors (Lipinski definition) is 4. The largest absolute Gasteiger partial charge is 0.463 e. The number of nitrogens with one attached hydrogen (secondary N) is 1. The minimum Gasteiger partial charge on any atom is -0.463 e. The van der Waals surface area contributed by atoms with Gasteiger partial charge in [0.05, 0.1) is 17.9 Å². The van der Waals surface area contributed by atoms with E-state index in [2.05, 4.69) is 21.2 Å². The van der Waals surface area contributed by atoms with Crippen molar-refractivity contribution in [1.29, 1.82) is 0 Å². The first-order valence-electron chi connectivity index (χ1n) is 8.82. The molecule has 1 unspecified atom stereocenters. The Hall–Kier alpha value is -2.66. The molecule has 1 heterocycles. The highest BCUT2D eigenvalue weighted by atomic mass is 79.9. The Kier molecular flexibility index (Phi) is 4.48. The number of Topliss-reactive ketones (excluding diaryl/α,β-unsaturated/α-hetero) is 1. The Morgan fingerprint density at radius 1 is 1.11 bits per heavy atom. The number of rotatable bonds is 3. The summed E-state index contributed by atoms with van der Waals surface area (Å²) >= 11 is 3.59. The zero-order chi connectivity index (χ0) is 19.1. The molecule has 4 nitrogen and oxygen atoms in total. The van der Waals surface area contributed by atoms with Crippen LogP contribution in [0.2, 0.25) is 0 Å². The van der Waals surface area contributed by atoms with Crippen molar-refractivity contribution in [1.82, 2.24) is 5.32 Å². The molecule has 27 heavy (non-hydrogen) atoms. The molecule has 1 aliphatic carbocycles. The minimum absolute atomic E-state index is 0.0526. The first kappa shape index (κ1) is 17.7. The third-order valence-corrected chi connectivity index (χ3v) is 5.68. The maximum atomic E-state index is 13.3. The van der Waals surface area contributed by atoms with Crippen molar-refractivity contribution in [2.75, 3.05) is 6.61 Å². The van der Waals surface area contributed by atoms with Gasteiger partial charge in [-0.1, -0.05) is 58.4 Å². The monoisotopic (exact) mass is 423 g/mol. The molecule has 1 atom stereocenters. The average Bonchev–Trinajstić information content (AvgIpc) is 2.94. The first-order valence-corrected chi connectivity index (χ1v) is 9.61. The van der Waals surface area contributed by atoms with Crippen molar-refractivity contribution in [3.63, 3.8) is 0 Å². The summed E-state index contributed by atoms with van der Waals surface area (Å²) in [6.07, 6.45) is 0. The van der Waals surface area contributed by atoms with Gasteiger partial charge >= 0.3 is 5.97 Å². The van der Waals surface area contributed by atoms with E-state index in [0.717, 1.165) is 21.3 Å². The van der Waals surface area contributed by atoms with E-state index in [0.29, 0.717) is 22.4 Å². The molecule has 0 fully saturated rings. The number of fused-ring (bicyclic) bond motifs is 2. The molecule has 5 heteroatoms. The molecule has 1 N–H and O–H groups in total. The number of ether oxygens (including phenoxy) is 1. The van der Waals surface area contributed by atoms with Crippen LogP contribution in [0.25, 0.3) is 5.70 Å². The standard InChI is InChI=1S/C22H18BrNO3/c1-3-27-22(26)17-12(2)24-20-13-8-4-5-9-14(13)21(25)19(20)18(17)15-10-6-7-11-16(15)23/h4-11,18,24H,3H2,1-2H3. The van der Waals surface area contributed by atoms with Crippen LogP contribution in [0, 0.1) is 0 Å². The normalized spacial score (nSPS) is 18.2. The summed E-state index contributed by atoms with van der Waals surface area (Å²) < 4.78 is 6.17. The van der Waals surface area contributed by atoms with Gasteiger partial charge in [-0.3, -0.25) is 4.79 Å². The van der Waals surface area contributed by atoms with Crippen LogP contribution < -0.4 is 5.32 Å². The third kappa shape index (κ3) is 2.73. The van der Waals surface area contributed by atoms with Crippen LogP contribution in [0.15, 0.2) is 69.8 Å². The van der Waals surface area contributed by atoms with E-state index in [-0.39, 0.29) is 12.4 Å². The number of benzene rings is 2. The molecule has 0 saturated heterocycles. The lowest BCUT2D eigenvalue weighted by atomic mass is 9.80. The van der Waals surface area contributed by atoms with Crippen LogP contribution >= 0.6 is 15.9 Å². The summed E-state index contributed by atoms with van der Waals surface area (Å²) in [7, 11) is 0. The van der Waals surface area contributed by atoms with E-state index in [1.807, 2.05) is 55.5 Å². The third-order valence-electron chi connectivity index (χ3n) is 4.96. The Balaban J connectivity index is 1.96. The van der Waals surface area contributed by atoms with Crippen LogP contribution in [0.4, 0.5) is 0 Å². The molecule has 0 spiro atoms. The molecule has 2 aromatic rings. The van der Waals surface area contributed by atoms with Gasteiger partial charge in [-0.25, -0.2) is 4.79 Å². The summed E-state index contributed by atoms with van der Waals surface area (Å²) in [5, 5.41) is 3.30. The molecule has 2 aliphatic rings. The van der Waals surface area contributed by atoms with E-state index in [4.69, 9.17) is 4.74 Å². The maximum Gasteiger partial charge on any atom is 0.336 e. The summed E-state index contributed by atoms with van der Waals surface area (Å²) in [5.74, 6) is -0.947. The van der Waals surface area contributed by atoms with Crippen LogP contribution in [0.5, 0.6) is 0 Å². The second kappa shape index (κ2) is 6.82. The molecule has 0 aromatic heterocycles. The molecule has 2 aromatic carbocycles. The zero-order valence-electron chi connectivity index (χ0n) is 15.0.